The molecule has 0 saturated heterocycles. The van der Waals surface area contributed by atoms with E-state index in [4.69, 9.17) is 9.47 Å². The van der Waals surface area contributed by atoms with E-state index in [1.165, 1.54) is 6.08 Å². The molecule has 2 amide bonds. The molecule has 7 nitrogen and oxygen atoms in total. The molecule has 0 atom stereocenters. The van der Waals surface area contributed by atoms with Crippen LogP contribution in [-0.4, -0.2) is 25.0 Å². The summed E-state index contributed by atoms with van der Waals surface area (Å²) >= 11 is 3.46. The van der Waals surface area contributed by atoms with Crippen molar-refractivity contribution >= 4 is 45.2 Å². The number of nitrogens with zero attached hydrogens (tertiary/aromatic N) is 1. The molecule has 0 unspecified atom stereocenters. The largest absolute Gasteiger partial charge is 0.490 e. The van der Waals surface area contributed by atoms with E-state index < -0.39 is 5.91 Å². The zero-order valence-electron chi connectivity index (χ0n) is 21.1. The van der Waals surface area contributed by atoms with Gasteiger partial charge in [0.05, 0.1) is 11.1 Å². The third-order valence-corrected chi connectivity index (χ3v) is 6.04. The Morgan fingerprint density at radius 3 is 2.30 bits per heavy atom. The molecule has 8 heteroatoms. The van der Waals surface area contributed by atoms with E-state index in [2.05, 4.69) is 26.6 Å². The van der Waals surface area contributed by atoms with Gasteiger partial charge in [-0.25, -0.2) is 0 Å². The van der Waals surface area contributed by atoms with Gasteiger partial charge in [-0.3, -0.25) is 9.59 Å². The molecular weight excluding hydrogens is 534 g/mol. The van der Waals surface area contributed by atoms with Crippen molar-refractivity contribution in [2.24, 2.45) is 0 Å². The topological polar surface area (TPSA) is 100 Å². The smallest absolute Gasteiger partial charge is 0.266 e. The van der Waals surface area contributed by atoms with Gasteiger partial charge in [-0.15, -0.1) is 0 Å². The molecule has 0 aromatic heterocycles. The van der Waals surface area contributed by atoms with Gasteiger partial charge in [0.25, 0.3) is 11.8 Å². The number of rotatable bonds is 9. The highest BCUT2D eigenvalue weighted by Crippen LogP contribution is 2.37. The summed E-state index contributed by atoms with van der Waals surface area (Å²) in [5, 5.41) is 15.1. The monoisotopic (exact) mass is 561 g/mol. The number of hydrogen-bond acceptors (Lipinski definition) is 5. The average Bonchev–Trinajstić information content (AvgIpc) is 2.85. The predicted octanol–water partition coefficient (Wildman–Crippen LogP) is 6.34. The van der Waals surface area contributed by atoms with Crippen LogP contribution < -0.4 is 20.1 Å². The summed E-state index contributed by atoms with van der Waals surface area (Å²) < 4.78 is 12.0. The van der Waals surface area contributed by atoms with E-state index in [1.807, 2.05) is 64.1 Å². The van der Waals surface area contributed by atoms with Crippen LogP contribution in [0.25, 0.3) is 6.08 Å². The maximum absolute atomic E-state index is 12.6. The van der Waals surface area contributed by atoms with E-state index in [-0.39, 0.29) is 18.1 Å². The van der Waals surface area contributed by atoms with Crippen molar-refractivity contribution in [2.45, 2.75) is 27.7 Å². The number of halogens is 1. The Labute approximate surface area is 225 Å². The third-order valence-electron chi connectivity index (χ3n) is 5.46. The van der Waals surface area contributed by atoms with Crippen molar-refractivity contribution in [3.8, 4) is 17.6 Å². The second-order valence-electron chi connectivity index (χ2n) is 8.39. The second kappa shape index (κ2) is 12.7. The van der Waals surface area contributed by atoms with Crippen molar-refractivity contribution in [3.63, 3.8) is 0 Å². The summed E-state index contributed by atoms with van der Waals surface area (Å²) in [5.74, 6) is -0.125. The molecule has 0 saturated carbocycles. The van der Waals surface area contributed by atoms with Crippen molar-refractivity contribution < 1.29 is 19.1 Å². The molecule has 190 valence electrons. The van der Waals surface area contributed by atoms with Crippen LogP contribution >= 0.6 is 15.9 Å². The first kappa shape index (κ1) is 27.5. The minimum atomic E-state index is -0.524. The van der Waals surface area contributed by atoms with E-state index in [0.717, 1.165) is 16.7 Å². The van der Waals surface area contributed by atoms with Crippen molar-refractivity contribution in [3.05, 3.63) is 86.9 Å². The van der Waals surface area contributed by atoms with Crippen LogP contribution in [0, 0.1) is 32.1 Å². The maximum atomic E-state index is 12.6. The second-order valence-corrected chi connectivity index (χ2v) is 9.24. The van der Waals surface area contributed by atoms with Crippen LogP contribution in [-0.2, 0) is 9.59 Å². The number of anilines is 2. The molecule has 0 radical (unpaired) electrons. The van der Waals surface area contributed by atoms with Crippen LogP contribution in [0.2, 0.25) is 0 Å². The third kappa shape index (κ3) is 7.69. The van der Waals surface area contributed by atoms with Crippen LogP contribution in [0.4, 0.5) is 11.4 Å². The summed E-state index contributed by atoms with van der Waals surface area (Å²) in [4.78, 5) is 25.1. The highest BCUT2D eigenvalue weighted by molar-refractivity contribution is 9.10. The Morgan fingerprint density at radius 2 is 1.65 bits per heavy atom. The quantitative estimate of drug-likeness (QED) is 0.234. The molecule has 0 spiro atoms. The molecule has 0 heterocycles. The number of nitriles is 1. The molecule has 3 aromatic carbocycles. The molecule has 0 aliphatic rings. The molecule has 0 bridgehead atoms. The van der Waals surface area contributed by atoms with Gasteiger partial charge < -0.3 is 20.1 Å². The fourth-order valence-corrected chi connectivity index (χ4v) is 3.95. The molecule has 37 heavy (non-hydrogen) atoms. The van der Waals surface area contributed by atoms with Gasteiger partial charge in [0.15, 0.2) is 18.1 Å². The summed E-state index contributed by atoms with van der Waals surface area (Å²) in [6.45, 7) is 7.87. The van der Waals surface area contributed by atoms with Gasteiger partial charge in [-0.2, -0.15) is 5.26 Å². The highest BCUT2D eigenvalue weighted by atomic mass is 79.9. The fraction of sp³-hybridized carbons (Fsp3) is 0.207. The minimum Gasteiger partial charge on any atom is -0.490 e. The Hall–Kier alpha value is -4.09. The number of amides is 2. The maximum Gasteiger partial charge on any atom is 0.266 e. The molecule has 3 aromatic rings. The van der Waals surface area contributed by atoms with Crippen LogP contribution in [0.5, 0.6) is 11.5 Å². The minimum absolute atomic E-state index is 0.0728. The van der Waals surface area contributed by atoms with Crippen molar-refractivity contribution in [2.75, 3.05) is 23.8 Å². The normalized spacial score (nSPS) is 10.9. The molecule has 2 N–H and O–H groups in total. The van der Waals surface area contributed by atoms with Gasteiger partial charge >= 0.3 is 0 Å². The number of hydrogen-bond donors (Lipinski definition) is 2. The van der Waals surface area contributed by atoms with Gasteiger partial charge in [-0.05, 0) is 103 Å². The number of carbonyl (C=O) groups is 2. The van der Waals surface area contributed by atoms with Crippen molar-refractivity contribution in [1.29, 1.82) is 5.26 Å². The predicted molar refractivity (Wildman–Crippen MR) is 149 cm³/mol. The van der Waals surface area contributed by atoms with Gasteiger partial charge in [-0.1, -0.05) is 23.8 Å². The Morgan fingerprint density at radius 1 is 0.946 bits per heavy atom. The number of carbonyl (C=O) groups excluding carboxylic acids is 2. The number of benzene rings is 3. The van der Waals surface area contributed by atoms with Crippen LogP contribution in [0.15, 0.2) is 64.6 Å². The molecule has 0 aliphatic carbocycles. The first-order valence-electron chi connectivity index (χ1n) is 11.7. The fourth-order valence-electron chi connectivity index (χ4n) is 3.38. The standard InChI is InChI=1S/C29H28BrN3O4/c1-5-36-26-15-21(13-22(16-31)29(35)33-23-9-6-18(2)7-10-23)14-25(30)28(26)37-17-27(34)32-24-11-8-19(3)20(4)12-24/h6-15H,5,17H2,1-4H3,(H,32,34)(H,33,35)/b22-13-. The lowest BCUT2D eigenvalue weighted by Gasteiger charge is -2.15. The SMILES string of the molecule is CCOc1cc(/C=C(/C#N)C(=O)Nc2ccc(C)cc2)cc(Br)c1OCC(=O)Nc1ccc(C)c(C)c1. The first-order valence-corrected chi connectivity index (χ1v) is 12.5. The van der Waals surface area contributed by atoms with Gasteiger partial charge in [0.1, 0.15) is 11.6 Å². The van der Waals surface area contributed by atoms with Gasteiger partial charge in [0, 0.05) is 11.4 Å². The lowest BCUT2D eigenvalue weighted by molar-refractivity contribution is -0.118. The summed E-state index contributed by atoms with van der Waals surface area (Å²) in [7, 11) is 0. The van der Waals surface area contributed by atoms with E-state index >= 15 is 0 Å². The van der Waals surface area contributed by atoms with Gasteiger partial charge in [0.2, 0.25) is 0 Å². The highest BCUT2D eigenvalue weighted by Gasteiger charge is 2.16. The molecule has 3 rings (SSSR count). The van der Waals surface area contributed by atoms with E-state index in [0.29, 0.717) is 39.5 Å². The van der Waals surface area contributed by atoms with E-state index in [1.54, 1.807) is 24.3 Å². The first-order chi connectivity index (χ1) is 17.7. The zero-order valence-corrected chi connectivity index (χ0v) is 22.7. The Bertz CT molecular complexity index is 1380. The molecule has 0 aliphatic heterocycles. The Kier molecular flexibility index (Phi) is 9.47. The Balaban J connectivity index is 1.76. The average molecular weight is 562 g/mol. The van der Waals surface area contributed by atoms with E-state index in [9.17, 15) is 14.9 Å². The number of ether oxygens (including phenoxy) is 2. The molecular formula is C29H28BrN3O4. The zero-order chi connectivity index (χ0) is 26.9. The number of nitrogens with one attached hydrogen (secondary N) is 2. The van der Waals surface area contributed by atoms with Crippen LogP contribution in [0.3, 0.4) is 0 Å². The van der Waals surface area contributed by atoms with Crippen LogP contribution in [0.1, 0.15) is 29.2 Å². The summed E-state index contributed by atoms with van der Waals surface area (Å²) in [6, 6.07) is 18.3. The lowest BCUT2D eigenvalue weighted by Crippen LogP contribution is -2.20. The molecule has 0 fully saturated rings. The number of aryl methyl sites for hydroxylation is 3. The summed E-state index contributed by atoms with van der Waals surface area (Å²) in [6.07, 6.45) is 1.47. The van der Waals surface area contributed by atoms with Crippen molar-refractivity contribution in [1.82, 2.24) is 0 Å². The lowest BCUT2D eigenvalue weighted by atomic mass is 10.1. The summed E-state index contributed by atoms with van der Waals surface area (Å²) in [5.41, 5.74) is 5.04.